The first-order valence-corrected chi connectivity index (χ1v) is 9.28. The van der Waals surface area contributed by atoms with Gasteiger partial charge < -0.3 is 10.1 Å². The summed E-state index contributed by atoms with van der Waals surface area (Å²) in [5, 5.41) is 3.66. The van der Waals surface area contributed by atoms with Crippen LogP contribution in [0.25, 0.3) is 0 Å². The minimum absolute atomic E-state index is 0.339. The van der Waals surface area contributed by atoms with Gasteiger partial charge in [0.15, 0.2) is 0 Å². The molecule has 1 aromatic heterocycles. The smallest absolute Gasteiger partial charge is 0.0859 e. The maximum Gasteiger partial charge on any atom is 0.0859 e. The van der Waals surface area contributed by atoms with Gasteiger partial charge in [-0.2, -0.15) is 0 Å². The number of hydrogen-bond donors (Lipinski definition) is 1. The molecule has 0 amide bonds. The van der Waals surface area contributed by atoms with Crippen molar-refractivity contribution in [3.8, 4) is 0 Å². The average molecular weight is 308 g/mol. The topological polar surface area (TPSA) is 24.5 Å². The molecule has 2 aliphatic rings. The number of nitrogens with zero attached hydrogens (tertiary/aromatic N) is 1. The van der Waals surface area contributed by atoms with Crippen molar-refractivity contribution >= 4 is 11.3 Å². The lowest BCUT2D eigenvalue weighted by Gasteiger charge is -2.39. The van der Waals surface area contributed by atoms with Gasteiger partial charge in [0.1, 0.15) is 0 Å². The van der Waals surface area contributed by atoms with E-state index in [0.717, 1.165) is 32.5 Å². The molecule has 21 heavy (non-hydrogen) atoms. The lowest BCUT2D eigenvalue weighted by molar-refractivity contribution is -0.0640. The van der Waals surface area contributed by atoms with E-state index < -0.39 is 0 Å². The lowest BCUT2D eigenvalue weighted by atomic mass is 10.0. The van der Waals surface area contributed by atoms with E-state index in [-0.39, 0.29) is 0 Å². The summed E-state index contributed by atoms with van der Waals surface area (Å²) in [6.45, 7) is 8.74. The highest BCUT2D eigenvalue weighted by Crippen LogP contribution is 2.26. The van der Waals surface area contributed by atoms with Crippen LogP contribution in [0.1, 0.15) is 36.4 Å². The van der Waals surface area contributed by atoms with Gasteiger partial charge in [0.05, 0.1) is 12.7 Å². The Kier molecular flexibility index (Phi) is 5.33. The van der Waals surface area contributed by atoms with Crippen LogP contribution in [0.15, 0.2) is 12.1 Å². The normalized spacial score (nSPS) is 27.7. The minimum Gasteiger partial charge on any atom is -0.374 e. The molecule has 118 valence electrons. The predicted octanol–water partition coefficient (Wildman–Crippen LogP) is 2.69. The lowest BCUT2D eigenvalue weighted by Crippen LogP contribution is -2.54. The molecule has 3 atom stereocenters. The van der Waals surface area contributed by atoms with Crippen LogP contribution in [-0.4, -0.2) is 49.3 Å². The molecular formula is C17H28N2OS. The van der Waals surface area contributed by atoms with E-state index in [9.17, 15) is 0 Å². The highest BCUT2D eigenvalue weighted by atomic mass is 32.1. The van der Waals surface area contributed by atoms with Gasteiger partial charge in [0, 0.05) is 28.4 Å². The molecule has 2 aliphatic heterocycles. The third-order valence-corrected chi connectivity index (χ3v) is 6.07. The summed E-state index contributed by atoms with van der Waals surface area (Å²) >= 11 is 1.96. The molecule has 1 aromatic rings. The zero-order chi connectivity index (χ0) is 14.7. The van der Waals surface area contributed by atoms with Crippen LogP contribution in [0.2, 0.25) is 0 Å². The number of rotatable bonds is 6. The molecule has 3 heterocycles. The van der Waals surface area contributed by atoms with Gasteiger partial charge in [0.2, 0.25) is 0 Å². The molecule has 3 unspecified atom stereocenters. The van der Waals surface area contributed by atoms with Crippen molar-refractivity contribution in [2.24, 2.45) is 0 Å². The summed E-state index contributed by atoms with van der Waals surface area (Å²) in [5.41, 5.74) is 0. The quantitative estimate of drug-likeness (QED) is 0.874. The Balaban J connectivity index is 1.63. The Morgan fingerprint density at radius 3 is 3.00 bits per heavy atom. The monoisotopic (exact) mass is 308 g/mol. The summed E-state index contributed by atoms with van der Waals surface area (Å²) in [6, 6.07) is 5.72. The van der Waals surface area contributed by atoms with E-state index >= 15 is 0 Å². The number of hydrogen-bond acceptors (Lipinski definition) is 4. The molecule has 0 aliphatic carbocycles. The summed E-state index contributed by atoms with van der Waals surface area (Å²) in [5.74, 6) is 0. The Bertz CT molecular complexity index is 448. The number of ether oxygens (including phenoxy) is 1. The van der Waals surface area contributed by atoms with Crippen molar-refractivity contribution in [2.75, 3.05) is 26.2 Å². The SMILES string of the molecule is CCNC(Cc1ccc(CC)s1)C1CN2CCCC2CO1. The first kappa shape index (κ1) is 15.5. The van der Waals surface area contributed by atoms with Crippen LogP contribution in [-0.2, 0) is 17.6 Å². The van der Waals surface area contributed by atoms with Gasteiger partial charge in [-0.1, -0.05) is 13.8 Å². The first-order valence-electron chi connectivity index (χ1n) is 8.46. The Labute approximate surface area is 132 Å². The third-order valence-electron chi connectivity index (χ3n) is 4.82. The molecule has 2 saturated heterocycles. The molecule has 3 nitrogen and oxygen atoms in total. The molecule has 0 aromatic carbocycles. The molecule has 0 bridgehead atoms. The number of aryl methyl sites for hydroxylation is 1. The van der Waals surface area contributed by atoms with Crippen molar-refractivity contribution < 1.29 is 4.74 Å². The molecule has 4 heteroatoms. The highest BCUT2D eigenvalue weighted by molar-refractivity contribution is 7.11. The predicted molar refractivity (Wildman–Crippen MR) is 89.2 cm³/mol. The van der Waals surface area contributed by atoms with Gasteiger partial charge in [-0.05, 0) is 50.9 Å². The van der Waals surface area contributed by atoms with Gasteiger partial charge >= 0.3 is 0 Å². The summed E-state index contributed by atoms with van der Waals surface area (Å²) in [7, 11) is 0. The van der Waals surface area contributed by atoms with Crippen molar-refractivity contribution in [3.63, 3.8) is 0 Å². The molecule has 0 radical (unpaired) electrons. The fraction of sp³-hybridized carbons (Fsp3) is 0.765. The average Bonchev–Trinajstić information content (AvgIpc) is 3.14. The van der Waals surface area contributed by atoms with E-state index in [1.165, 1.54) is 29.1 Å². The van der Waals surface area contributed by atoms with E-state index in [1.54, 1.807) is 0 Å². The standard InChI is InChI=1S/C17H28N2OS/c1-3-14-7-8-15(21-14)10-16(18-4-2)17-11-19-9-5-6-13(19)12-20-17/h7-8,13,16-18H,3-6,9-12H2,1-2H3. The van der Waals surface area contributed by atoms with E-state index in [4.69, 9.17) is 4.74 Å². The van der Waals surface area contributed by atoms with Crippen LogP contribution in [0, 0.1) is 0 Å². The van der Waals surface area contributed by atoms with Crippen LogP contribution >= 0.6 is 11.3 Å². The van der Waals surface area contributed by atoms with Crippen LogP contribution in [0.3, 0.4) is 0 Å². The largest absolute Gasteiger partial charge is 0.374 e. The number of thiophene rings is 1. The Hall–Kier alpha value is -0.420. The second-order valence-corrected chi connectivity index (χ2v) is 7.51. The number of likely N-dealkylation sites (N-methyl/N-ethyl adjacent to an activating group) is 1. The van der Waals surface area contributed by atoms with E-state index in [0.29, 0.717) is 18.2 Å². The van der Waals surface area contributed by atoms with Crippen molar-refractivity contribution in [1.82, 2.24) is 10.2 Å². The summed E-state index contributed by atoms with van der Waals surface area (Å²) < 4.78 is 6.21. The fourth-order valence-electron chi connectivity index (χ4n) is 3.62. The van der Waals surface area contributed by atoms with E-state index in [2.05, 4.69) is 36.2 Å². The zero-order valence-electron chi connectivity index (χ0n) is 13.3. The van der Waals surface area contributed by atoms with Crippen LogP contribution in [0.4, 0.5) is 0 Å². The molecule has 1 N–H and O–H groups in total. The second-order valence-electron chi connectivity index (χ2n) is 6.25. The minimum atomic E-state index is 0.339. The summed E-state index contributed by atoms with van der Waals surface area (Å²) in [6.07, 6.45) is 5.25. The molecular weight excluding hydrogens is 280 g/mol. The van der Waals surface area contributed by atoms with Crippen molar-refractivity contribution in [2.45, 2.75) is 57.7 Å². The van der Waals surface area contributed by atoms with Gasteiger partial charge in [-0.3, -0.25) is 4.90 Å². The van der Waals surface area contributed by atoms with Crippen molar-refractivity contribution in [1.29, 1.82) is 0 Å². The van der Waals surface area contributed by atoms with Crippen LogP contribution < -0.4 is 5.32 Å². The third kappa shape index (κ3) is 3.67. The number of nitrogens with one attached hydrogen (secondary N) is 1. The summed E-state index contributed by atoms with van der Waals surface area (Å²) in [4.78, 5) is 5.62. The number of fused-ring (bicyclic) bond motifs is 1. The maximum atomic E-state index is 6.21. The first-order chi connectivity index (χ1) is 10.3. The second kappa shape index (κ2) is 7.23. The molecule has 2 fully saturated rings. The molecule has 0 spiro atoms. The highest BCUT2D eigenvalue weighted by Gasteiger charge is 2.35. The van der Waals surface area contributed by atoms with Crippen molar-refractivity contribution in [3.05, 3.63) is 21.9 Å². The van der Waals surface area contributed by atoms with E-state index in [1.807, 2.05) is 11.3 Å². The van der Waals surface area contributed by atoms with Gasteiger partial charge in [-0.15, -0.1) is 11.3 Å². The van der Waals surface area contributed by atoms with Gasteiger partial charge in [-0.25, -0.2) is 0 Å². The molecule has 0 saturated carbocycles. The molecule has 3 rings (SSSR count). The maximum absolute atomic E-state index is 6.21. The fourth-order valence-corrected chi connectivity index (χ4v) is 4.64. The van der Waals surface area contributed by atoms with Gasteiger partial charge in [0.25, 0.3) is 0 Å². The number of morpholine rings is 1. The zero-order valence-corrected chi connectivity index (χ0v) is 14.1. The van der Waals surface area contributed by atoms with Crippen LogP contribution in [0.5, 0.6) is 0 Å². The Morgan fingerprint density at radius 1 is 1.38 bits per heavy atom. The Morgan fingerprint density at radius 2 is 2.24 bits per heavy atom.